The van der Waals surface area contributed by atoms with E-state index >= 15 is 0 Å². The number of rotatable bonds is 5. The summed E-state index contributed by atoms with van der Waals surface area (Å²) in [4.78, 5) is 15.5. The fourth-order valence-corrected chi connectivity index (χ4v) is 1.98. The Morgan fingerprint density at radius 2 is 2.32 bits per heavy atom. The highest BCUT2D eigenvalue weighted by Gasteiger charge is 2.33. The van der Waals surface area contributed by atoms with Gasteiger partial charge in [-0.3, -0.25) is 10.1 Å². The monoisotopic (exact) mass is 268 g/mol. The molecule has 1 amide bonds. The highest BCUT2D eigenvalue weighted by molar-refractivity contribution is 5.78. The molecule has 106 valence electrons. The van der Waals surface area contributed by atoms with Crippen molar-refractivity contribution in [2.75, 3.05) is 19.7 Å². The van der Waals surface area contributed by atoms with E-state index in [1.54, 1.807) is 0 Å². The third-order valence-electron chi connectivity index (χ3n) is 3.36. The van der Waals surface area contributed by atoms with Crippen LogP contribution in [0.25, 0.3) is 0 Å². The first-order valence-electron chi connectivity index (χ1n) is 6.57. The molecule has 0 bridgehead atoms. The minimum absolute atomic E-state index is 0.0244. The van der Waals surface area contributed by atoms with Crippen LogP contribution >= 0.6 is 0 Å². The second-order valence-corrected chi connectivity index (χ2v) is 4.71. The second kappa shape index (κ2) is 5.66. The van der Waals surface area contributed by atoms with Gasteiger partial charge in [-0.15, -0.1) is 0 Å². The Labute approximate surface area is 112 Å². The van der Waals surface area contributed by atoms with Crippen LogP contribution in [0.2, 0.25) is 0 Å². The van der Waals surface area contributed by atoms with Gasteiger partial charge in [-0.2, -0.15) is 4.98 Å². The molecule has 0 saturated carbocycles. The lowest BCUT2D eigenvalue weighted by molar-refractivity contribution is -0.121. The predicted molar refractivity (Wildman–Crippen MR) is 67.3 cm³/mol. The van der Waals surface area contributed by atoms with E-state index in [9.17, 15) is 4.79 Å². The highest BCUT2D eigenvalue weighted by atomic mass is 16.5. The van der Waals surface area contributed by atoms with E-state index < -0.39 is 5.60 Å². The van der Waals surface area contributed by atoms with Gasteiger partial charge < -0.3 is 14.6 Å². The average Bonchev–Trinajstić information content (AvgIpc) is 2.90. The lowest BCUT2D eigenvalue weighted by atomic mass is 10.0. The second-order valence-electron chi connectivity index (χ2n) is 4.71. The van der Waals surface area contributed by atoms with Crippen LogP contribution in [-0.2, 0) is 15.1 Å². The van der Waals surface area contributed by atoms with Gasteiger partial charge in [0.2, 0.25) is 17.6 Å². The van der Waals surface area contributed by atoms with Crippen LogP contribution in [0.5, 0.6) is 0 Å². The quantitative estimate of drug-likeness (QED) is 0.808. The molecular weight excluding hydrogens is 248 g/mol. The first kappa shape index (κ1) is 14.0. The van der Waals surface area contributed by atoms with E-state index in [0.717, 1.165) is 6.42 Å². The number of hydrogen-bond acceptors (Lipinski definition) is 6. The van der Waals surface area contributed by atoms with Gasteiger partial charge in [0.15, 0.2) is 0 Å². The van der Waals surface area contributed by atoms with E-state index in [4.69, 9.17) is 9.26 Å². The molecule has 1 aromatic rings. The molecule has 2 unspecified atom stereocenters. The number of aromatic nitrogens is 2. The van der Waals surface area contributed by atoms with Gasteiger partial charge in [0, 0.05) is 13.2 Å². The number of amides is 1. The standard InChI is InChI=1S/C12H20N4O3/c1-4-12(3,18-5-2)11-15-10(19-16-11)8-6-14-9(17)7-13-8/h8,13H,4-7H2,1-3H3,(H,14,17). The van der Waals surface area contributed by atoms with Crippen LogP contribution in [0.4, 0.5) is 0 Å². The molecule has 1 aromatic heterocycles. The number of ether oxygens (including phenoxy) is 1. The van der Waals surface area contributed by atoms with Crippen molar-refractivity contribution in [1.29, 1.82) is 0 Å². The number of hydrogen-bond donors (Lipinski definition) is 2. The molecule has 0 aliphatic carbocycles. The zero-order valence-corrected chi connectivity index (χ0v) is 11.5. The first-order chi connectivity index (χ1) is 9.09. The van der Waals surface area contributed by atoms with E-state index in [1.807, 2.05) is 20.8 Å². The largest absolute Gasteiger partial charge is 0.367 e. The van der Waals surface area contributed by atoms with Crippen molar-refractivity contribution in [2.45, 2.75) is 38.8 Å². The van der Waals surface area contributed by atoms with E-state index in [1.165, 1.54) is 0 Å². The molecule has 1 aliphatic heterocycles. The number of carbonyl (C=O) groups is 1. The third-order valence-corrected chi connectivity index (χ3v) is 3.36. The first-order valence-corrected chi connectivity index (χ1v) is 6.57. The number of nitrogens with zero attached hydrogens (tertiary/aromatic N) is 2. The maximum Gasteiger partial charge on any atom is 0.245 e. The highest BCUT2D eigenvalue weighted by Crippen LogP contribution is 2.27. The molecule has 2 heterocycles. The van der Waals surface area contributed by atoms with E-state index in [-0.39, 0.29) is 18.5 Å². The maximum absolute atomic E-state index is 11.1. The van der Waals surface area contributed by atoms with E-state index in [2.05, 4.69) is 20.8 Å². The minimum atomic E-state index is -0.533. The Hall–Kier alpha value is -1.47. The number of carbonyl (C=O) groups excluding carboxylic acids is 1. The predicted octanol–water partition coefficient (Wildman–Crippen LogP) is 0.492. The lowest BCUT2D eigenvalue weighted by Gasteiger charge is -2.24. The maximum atomic E-state index is 11.1. The summed E-state index contributed by atoms with van der Waals surface area (Å²) < 4.78 is 11.0. The molecule has 1 aliphatic rings. The summed E-state index contributed by atoms with van der Waals surface area (Å²) in [5.41, 5.74) is -0.533. The molecular formula is C12H20N4O3. The van der Waals surface area contributed by atoms with Gasteiger partial charge >= 0.3 is 0 Å². The Kier molecular flexibility index (Phi) is 4.16. The normalized spacial score (nSPS) is 22.9. The summed E-state index contributed by atoms with van der Waals surface area (Å²) in [5.74, 6) is 1.00. The Bertz CT molecular complexity index is 438. The minimum Gasteiger partial charge on any atom is -0.367 e. The van der Waals surface area contributed by atoms with Crippen molar-refractivity contribution in [3.63, 3.8) is 0 Å². The topological polar surface area (TPSA) is 89.3 Å². The van der Waals surface area contributed by atoms with Crippen molar-refractivity contribution >= 4 is 5.91 Å². The Morgan fingerprint density at radius 3 is 2.89 bits per heavy atom. The summed E-state index contributed by atoms with van der Waals surface area (Å²) in [6, 6.07) is -0.137. The zero-order chi connectivity index (χ0) is 13.9. The van der Waals surface area contributed by atoms with Crippen LogP contribution in [0.15, 0.2) is 4.52 Å². The van der Waals surface area contributed by atoms with Gasteiger partial charge in [0.1, 0.15) is 11.6 Å². The summed E-state index contributed by atoms with van der Waals surface area (Å²) in [5, 5.41) is 9.82. The van der Waals surface area contributed by atoms with Crippen LogP contribution < -0.4 is 10.6 Å². The molecule has 1 saturated heterocycles. The van der Waals surface area contributed by atoms with Crippen molar-refractivity contribution < 1.29 is 14.1 Å². The van der Waals surface area contributed by atoms with Gasteiger partial charge in [-0.05, 0) is 20.3 Å². The van der Waals surface area contributed by atoms with Gasteiger partial charge in [0.05, 0.1) is 6.54 Å². The lowest BCUT2D eigenvalue weighted by Crippen LogP contribution is -2.47. The van der Waals surface area contributed by atoms with Crippen LogP contribution in [0.3, 0.4) is 0 Å². The SMILES string of the molecule is CCOC(C)(CC)c1noc(C2CNC(=O)CN2)n1. The molecule has 2 rings (SSSR count). The van der Waals surface area contributed by atoms with Gasteiger partial charge in [0.25, 0.3) is 0 Å². The summed E-state index contributed by atoms with van der Waals surface area (Å²) in [7, 11) is 0. The number of nitrogens with one attached hydrogen (secondary N) is 2. The van der Waals surface area contributed by atoms with Gasteiger partial charge in [-0.25, -0.2) is 0 Å². The van der Waals surface area contributed by atoms with Gasteiger partial charge in [-0.1, -0.05) is 12.1 Å². The van der Waals surface area contributed by atoms with Crippen molar-refractivity contribution in [1.82, 2.24) is 20.8 Å². The molecule has 2 atom stereocenters. The fourth-order valence-electron chi connectivity index (χ4n) is 1.98. The molecule has 0 spiro atoms. The molecule has 1 fully saturated rings. The molecule has 2 N–H and O–H groups in total. The molecule has 7 heteroatoms. The summed E-state index contributed by atoms with van der Waals surface area (Å²) >= 11 is 0. The van der Waals surface area contributed by atoms with Crippen LogP contribution in [0, 0.1) is 0 Å². The van der Waals surface area contributed by atoms with Crippen molar-refractivity contribution in [2.24, 2.45) is 0 Å². The van der Waals surface area contributed by atoms with Crippen LogP contribution in [0.1, 0.15) is 44.9 Å². The summed E-state index contributed by atoms with van der Waals surface area (Å²) in [6.45, 7) is 7.21. The smallest absolute Gasteiger partial charge is 0.245 e. The summed E-state index contributed by atoms with van der Waals surface area (Å²) in [6.07, 6.45) is 0.759. The molecule has 7 nitrogen and oxygen atoms in total. The van der Waals surface area contributed by atoms with Crippen LogP contribution in [-0.4, -0.2) is 35.7 Å². The van der Waals surface area contributed by atoms with Crippen molar-refractivity contribution in [3.05, 3.63) is 11.7 Å². The fraction of sp³-hybridized carbons (Fsp3) is 0.750. The average molecular weight is 268 g/mol. The Morgan fingerprint density at radius 1 is 1.53 bits per heavy atom. The molecule has 19 heavy (non-hydrogen) atoms. The Balaban J connectivity index is 2.12. The van der Waals surface area contributed by atoms with E-state index in [0.29, 0.717) is 24.9 Å². The molecule has 0 radical (unpaired) electrons. The zero-order valence-electron chi connectivity index (χ0n) is 11.5. The third kappa shape index (κ3) is 2.93. The molecule has 0 aromatic carbocycles. The van der Waals surface area contributed by atoms with Crippen molar-refractivity contribution in [3.8, 4) is 0 Å². The number of piperazine rings is 1.